The van der Waals surface area contributed by atoms with Gasteiger partial charge in [-0.1, -0.05) is 36.8 Å². The topological polar surface area (TPSA) is 49.3 Å². The zero-order chi connectivity index (χ0) is 12.2. The molecular weight excluding hydrogens is 202 g/mol. The Kier molecular flexibility index (Phi) is 4.07. The molecule has 0 aliphatic heterocycles. The van der Waals surface area contributed by atoms with Gasteiger partial charge in [-0.15, -0.1) is 0 Å². The van der Waals surface area contributed by atoms with Crippen molar-refractivity contribution in [2.24, 2.45) is 0 Å². The van der Waals surface area contributed by atoms with Crippen LogP contribution in [0.25, 0.3) is 0 Å². The van der Waals surface area contributed by atoms with Crippen molar-refractivity contribution in [1.29, 1.82) is 0 Å². The van der Waals surface area contributed by atoms with Crippen molar-refractivity contribution < 1.29 is 9.90 Å². The molecule has 0 aromatic heterocycles. The van der Waals surface area contributed by atoms with Crippen LogP contribution in [-0.2, 0) is 11.3 Å². The van der Waals surface area contributed by atoms with Crippen molar-refractivity contribution >= 4 is 5.97 Å². The summed E-state index contributed by atoms with van der Waals surface area (Å²) < 4.78 is 0. The molecular formula is C13H19NO2. The van der Waals surface area contributed by atoms with E-state index in [1.807, 2.05) is 32.0 Å². The van der Waals surface area contributed by atoms with Crippen molar-refractivity contribution in [2.45, 2.75) is 39.3 Å². The SMILES string of the molecule is CCC(C)(NCc1cccc(C)c1)C(=O)O. The Morgan fingerprint density at radius 3 is 2.69 bits per heavy atom. The quantitative estimate of drug-likeness (QED) is 0.802. The molecule has 0 saturated heterocycles. The molecule has 0 aliphatic rings. The van der Waals surface area contributed by atoms with Crippen LogP contribution >= 0.6 is 0 Å². The molecule has 1 aromatic rings. The normalized spacial score (nSPS) is 14.4. The number of carboxylic acids is 1. The van der Waals surface area contributed by atoms with E-state index in [0.29, 0.717) is 13.0 Å². The number of hydrogen-bond acceptors (Lipinski definition) is 2. The molecule has 3 nitrogen and oxygen atoms in total. The number of carbonyl (C=O) groups is 1. The van der Waals surface area contributed by atoms with Crippen LogP contribution in [0.15, 0.2) is 24.3 Å². The summed E-state index contributed by atoms with van der Waals surface area (Å²) in [4.78, 5) is 11.1. The van der Waals surface area contributed by atoms with E-state index in [1.165, 1.54) is 5.56 Å². The van der Waals surface area contributed by atoms with E-state index in [4.69, 9.17) is 5.11 Å². The molecule has 0 amide bonds. The fourth-order valence-corrected chi connectivity index (χ4v) is 1.47. The second kappa shape index (κ2) is 5.12. The lowest BCUT2D eigenvalue weighted by Crippen LogP contribution is -2.48. The fourth-order valence-electron chi connectivity index (χ4n) is 1.47. The second-order valence-corrected chi connectivity index (χ2v) is 4.33. The molecule has 0 aliphatic carbocycles. The van der Waals surface area contributed by atoms with E-state index in [-0.39, 0.29) is 0 Å². The van der Waals surface area contributed by atoms with Crippen molar-refractivity contribution in [3.8, 4) is 0 Å². The van der Waals surface area contributed by atoms with E-state index in [1.54, 1.807) is 6.92 Å². The van der Waals surface area contributed by atoms with Crippen LogP contribution in [0.4, 0.5) is 0 Å². The summed E-state index contributed by atoms with van der Waals surface area (Å²) in [7, 11) is 0. The third-order valence-electron chi connectivity index (χ3n) is 2.94. The summed E-state index contributed by atoms with van der Waals surface area (Å²) in [6.07, 6.45) is 0.564. The highest BCUT2D eigenvalue weighted by molar-refractivity contribution is 5.78. The van der Waals surface area contributed by atoms with Gasteiger partial charge in [0.15, 0.2) is 0 Å². The fraction of sp³-hybridized carbons (Fsp3) is 0.462. The Hall–Kier alpha value is -1.35. The molecule has 0 fully saturated rings. The summed E-state index contributed by atoms with van der Waals surface area (Å²) in [5, 5.41) is 12.2. The number of hydrogen-bond donors (Lipinski definition) is 2. The summed E-state index contributed by atoms with van der Waals surface area (Å²) in [6, 6.07) is 8.07. The van der Waals surface area contributed by atoms with Gasteiger partial charge in [0.25, 0.3) is 0 Å². The molecule has 1 aromatic carbocycles. The second-order valence-electron chi connectivity index (χ2n) is 4.33. The largest absolute Gasteiger partial charge is 0.480 e. The average molecular weight is 221 g/mol. The predicted octanol–water partition coefficient (Wildman–Crippen LogP) is 2.34. The van der Waals surface area contributed by atoms with E-state index in [2.05, 4.69) is 11.4 Å². The van der Waals surface area contributed by atoms with E-state index >= 15 is 0 Å². The number of aryl methyl sites for hydroxylation is 1. The first-order chi connectivity index (χ1) is 7.48. The molecule has 16 heavy (non-hydrogen) atoms. The van der Waals surface area contributed by atoms with Gasteiger partial charge >= 0.3 is 5.97 Å². The Bertz CT molecular complexity index is 376. The molecule has 1 unspecified atom stereocenters. The molecule has 0 saturated carbocycles. The van der Waals surface area contributed by atoms with Gasteiger partial charge in [-0.3, -0.25) is 10.1 Å². The zero-order valence-electron chi connectivity index (χ0n) is 10.1. The van der Waals surface area contributed by atoms with Crippen molar-refractivity contribution in [2.75, 3.05) is 0 Å². The summed E-state index contributed by atoms with van der Waals surface area (Å²) in [5.74, 6) is -0.803. The average Bonchev–Trinajstić information content (AvgIpc) is 2.26. The smallest absolute Gasteiger partial charge is 0.323 e. The standard InChI is InChI=1S/C13H19NO2/c1-4-13(3,12(15)16)14-9-11-7-5-6-10(2)8-11/h5-8,14H,4,9H2,1-3H3,(H,15,16). The van der Waals surface area contributed by atoms with E-state index < -0.39 is 11.5 Å². The summed E-state index contributed by atoms with van der Waals surface area (Å²) in [6.45, 7) is 6.19. The molecule has 88 valence electrons. The first kappa shape index (κ1) is 12.7. The number of rotatable bonds is 5. The third kappa shape index (κ3) is 3.07. The first-order valence-corrected chi connectivity index (χ1v) is 5.52. The lowest BCUT2D eigenvalue weighted by molar-refractivity contribution is -0.144. The monoisotopic (exact) mass is 221 g/mol. The van der Waals surface area contributed by atoms with Gasteiger partial charge in [-0.05, 0) is 25.8 Å². The van der Waals surface area contributed by atoms with Gasteiger partial charge in [0, 0.05) is 6.54 Å². The van der Waals surface area contributed by atoms with Crippen LogP contribution in [0.2, 0.25) is 0 Å². The number of nitrogens with one attached hydrogen (secondary N) is 1. The minimum atomic E-state index is -0.844. The van der Waals surface area contributed by atoms with Crippen LogP contribution in [0.3, 0.4) is 0 Å². The highest BCUT2D eigenvalue weighted by Crippen LogP contribution is 2.11. The van der Waals surface area contributed by atoms with Crippen molar-refractivity contribution in [3.05, 3.63) is 35.4 Å². The van der Waals surface area contributed by atoms with Crippen LogP contribution in [0.1, 0.15) is 31.4 Å². The Morgan fingerprint density at radius 2 is 2.19 bits per heavy atom. The van der Waals surface area contributed by atoms with E-state index in [0.717, 1.165) is 5.56 Å². The highest BCUT2D eigenvalue weighted by Gasteiger charge is 2.29. The molecule has 0 radical (unpaired) electrons. The van der Waals surface area contributed by atoms with Crippen LogP contribution in [-0.4, -0.2) is 16.6 Å². The van der Waals surface area contributed by atoms with Crippen molar-refractivity contribution in [1.82, 2.24) is 5.32 Å². The lowest BCUT2D eigenvalue weighted by atomic mass is 9.98. The Balaban J connectivity index is 2.66. The van der Waals surface area contributed by atoms with Crippen molar-refractivity contribution in [3.63, 3.8) is 0 Å². The predicted molar refractivity (Wildman–Crippen MR) is 64.4 cm³/mol. The molecule has 1 rings (SSSR count). The molecule has 2 N–H and O–H groups in total. The number of aliphatic carboxylic acids is 1. The molecule has 0 bridgehead atoms. The van der Waals surface area contributed by atoms with Crippen LogP contribution < -0.4 is 5.32 Å². The number of carboxylic acid groups (broad SMARTS) is 1. The molecule has 1 atom stereocenters. The molecule has 0 spiro atoms. The minimum absolute atomic E-state index is 0.564. The zero-order valence-corrected chi connectivity index (χ0v) is 10.1. The summed E-state index contributed by atoms with van der Waals surface area (Å²) >= 11 is 0. The Morgan fingerprint density at radius 1 is 1.50 bits per heavy atom. The van der Waals surface area contributed by atoms with Gasteiger partial charge in [-0.25, -0.2) is 0 Å². The number of benzene rings is 1. The van der Waals surface area contributed by atoms with Gasteiger partial charge in [0.2, 0.25) is 0 Å². The maximum atomic E-state index is 11.1. The first-order valence-electron chi connectivity index (χ1n) is 5.52. The maximum Gasteiger partial charge on any atom is 0.323 e. The Labute approximate surface area is 96.5 Å². The van der Waals surface area contributed by atoms with Gasteiger partial charge < -0.3 is 5.11 Å². The maximum absolute atomic E-state index is 11.1. The minimum Gasteiger partial charge on any atom is -0.480 e. The third-order valence-corrected chi connectivity index (χ3v) is 2.94. The van der Waals surface area contributed by atoms with Gasteiger partial charge in [-0.2, -0.15) is 0 Å². The van der Waals surface area contributed by atoms with Gasteiger partial charge in [0.05, 0.1) is 0 Å². The van der Waals surface area contributed by atoms with Crippen LogP contribution in [0, 0.1) is 6.92 Å². The molecule has 3 heteroatoms. The van der Waals surface area contributed by atoms with Gasteiger partial charge in [0.1, 0.15) is 5.54 Å². The molecule has 0 heterocycles. The lowest BCUT2D eigenvalue weighted by Gasteiger charge is -2.24. The van der Waals surface area contributed by atoms with E-state index in [9.17, 15) is 4.79 Å². The van der Waals surface area contributed by atoms with Crippen LogP contribution in [0.5, 0.6) is 0 Å². The highest BCUT2D eigenvalue weighted by atomic mass is 16.4. The summed E-state index contributed by atoms with van der Waals surface area (Å²) in [5.41, 5.74) is 1.46.